The second-order valence-corrected chi connectivity index (χ2v) is 7.70. The molecule has 4 rings (SSSR count). The van der Waals surface area contributed by atoms with E-state index >= 15 is 0 Å². The summed E-state index contributed by atoms with van der Waals surface area (Å²) < 4.78 is 0. The quantitative estimate of drug-likeness (QED) is 0.395. The minimum absolute atomic E-state index is 0.352. The van der Waals surface area contributed by atoms with Crippen molar-refractivity contribution in [1.82, 2.24) is 15.0 Å². The number of hydrogen-bond acceptors (Lipinski definition) is 7. The van der Waals surface area contributed by atoms with E-state index in [1.54, 1.807) is 24.4 Å². The van der Waals surface area contributed by atoms with Gasteiger partial charge >= 0.3 is 0 Å². The number of hydrazone groups is 1. The molecule has 0 amide bonds. The maximum Gasteiger partial charge on any atom is 0.250 e. The molecule has 30 heavy (non-hydrogen) atoms. The van der Waals surface area contributed by atoms with Crippen LogP contribution in [0.4, 0.5) is 23.5 Å². The van der Waals surface area contributed by atoms with E-state index in [2.05, 4.69) is 35.7 Å². The average Bonchev–Trinajstić information content (AvgIpc) is 2.76. The topological polar surface area (TPSA) is 78.3 Å². The summed E-state index contributed by atoms with van der Waals surface area (Å²) in [6, 6.07) is 15.0. The van der Waals surface area contributed by atoms with Crippen LogP contribution in [-0.4, -0.2) is 34.3 Å². The van der Waals surface area contributed by atoms with Gasteiger partial charge in [-0.1, -0.05) is 47.5 Å². The predicted octanol–water partition coefficient (Wildman–Crippen LogP) is 5.36. The van der Waals surface area contributed by atoms with E-state index in [1.807, 2.05) is 30.3 Å². The number of aromatic nitrogens is 3. The molecule has 154 valence electrons. The molecule has 0 saturated carbocycles. The van der Waals surface area contributed by atoms with E-state index in [-0.39, 0.29) is 0 Å². The monoisotopic (exact) mass is 441 g/mol. The molecule has 1 fully saturated rings. The summed E-state index contributed by atoms with van der Waals surface area (Å²) >= 11 is 12.1. The standard InChI is InChI=1S/C21H21Cl2N7/c22-16-10-9-15(18(23)13-16)14-24-29-20-26-19(25-17-7-3-1-4-8-17)27-21(28-20)30-11-5-2-6-12-30/h1,3-4,7-10,13-14H,2,5-6,11-12H2,(H2,25,26,27,28,29). The van der Waals surface area contributed by atoms with Crippen molar-refractivity contribution in [3.63, 3.8) is 0 Å². The SMILES string of the molecule is Clc1ccc(C=NNc2nc(Nc3ccccc3)nc(N3CCCCC3)n2)c(Cl)c1. The molecule has 3 aromatic rings. The number of benzene rings is 2. The molecule has 0 bridgehead atoms. The van der Waals surface area contributed by atoms with Crippen LogP contribution >= 0.6 is 23.2 Å². The lowest BCUT2D eigenvalue weighted by molar-refractivity contribution is 0.568. The van der Waals surface area contributed by atoms with Crippen molar-refractivity contribution in [1.29, 1.82) is 0 Å². The molecule has 9 heteroatoms. The summed E-state index contributed by atoms with van der Waals surface area (Å²) in [7, 11) is 0. The van der Waals surface area contributed by atoms with Gasteiger partial charge in [-0.15, -0.1) is 0 Å². The minimum Gasteiger partial charge on any atom is -0.341 e. The first-order chi connectivity index (χ1) is 14.7. The molecule has 0 unspecified atom stereocenters. The molecular formula is C21H21Cl2N7. The van der Waals surface area contributed by atoms with Crippen LogP contribution in [0.1, 0.15) is 24.8 Å². The van der Waals surface area contributed by atoms with Crippen LogP contribution in [0.15, 0.2) is 53.6 Å². The highest BCUT2D eigenvalue weighted by atomic mass is 35.5. The highest BCUT2D eigenvalue weighted by Gasteiger charge is 2.16. The molecule has 2 N–H and O–H groups in total. The molecule has 1 aliphatic heterocycles. The van der Waals surface area contributed by atoms with Crippen molar-refractivity contribution in [2.45, 2.75) is 19.3 Å². The maximum absolute atomic E-state index is 6.19. The van der Waals surface area contributed by atoms with E-state index in [4.69, 9.17) is 23.2 Å². The zero-order chi connectivity index (χ0) is 20.8. The highest BCUT2D eigenvalue weighted by Crippen LogP contribution is 2.21. The van der Waals surface area contributed by atoms with Crippen LogP contribution < -0.4 is 15.6 Å². The van der Waals surface area contributed by atoms with Gasteiger partial charge in [-0.2, -0.15) is 20.1 Å². The van der Waals surface area contributed by atoms with Crippen molar-refractivity contribution in [3.8, 4) is 0 Å². The van der Waals surface area contributed by atoms with Gasteiger partial charge in [0.2, 0.25) is 17.8 Å². The van der Waals surface area contributed by atoms with Crippen molar-refractivity contribution in [2.24, 2.45) is 5.10 Å². The lowest BCUT2D eigenvalue weighted by atomic mass is 10.1. The van der Waals surface area contributed by atoms with Gasteiger partial charge < -0.3 is 10.2 Å². The lowest BCUT2D eigenvalue weighted by Crippen LogP contribution is -2.31. The third-order valence-corrected chi connectivity index (χ3v) is 5.19. The first-order valence-corrected chi connectivity index (χ1v) is 10.5. The minimum atomic E-state index is 0.352. The fourth-order valence-corrected chi connectivity index (χ4v) is 3.58. The molecule has 1 aromatic heterocycles. The van der Waals surface area contributed by atoms with E-state index < -0.39 is 0 Å². The summed E-state index contributed by atoms with van der Waals surface area (Å²) in [6.07, 6.45) is 5.09. The number of para-hydroxylation sites is 1. The average molecular weight is 442 g/mol. The third-order valence-electron chi connectivity index (χ3n) is 4.62. The van der Waals surface area contributed by atoms with Crippen LogP contribution in [0.25, 0.3) is 0 Å². The number of halogens is 2. The van der Waals surface area contributed by atoms with Gasteiger partial charge in [-0.3, -0.25) is 0 Å². The van der Waals surface area contributed by atoms with Crippen LogP contribution in [-0.2, 0) is 0 Å². The zero-order valence-electron chi connectivity index (χ0n) is 16.2. The van der Waals surface area contributed by atoms with Crippen molar-refractivity contribution in [3.05, 3.63) is 64.1 Å². The summed E-state index contributed by atoms with van der Waals surface area (Å²) in [5.41, 5.74) is 4.53. The fraction of sp³-hybridized carbons (Fsp3) is 0.238. The Kier molecular flexibility index (Phi) is 6.61. The molecule has 2 heterocycles. The van der Waals surface area contributed by atoms with Crippen molar-refractivity contribution < 1.29 is 0 Å². The molecule has 2 aromatic carbocycles. The predicted molar refractivity (Wildman–Crippen MR) is 123 cm³/mol. The van der Waals surface area contributed by atoms with Crippen molar-refractivity contribution >= 4 is 52.9 Å². The summed E-state index contributed by atoms with van der Waals surface area (Å²) in [5.74, 6) is 1.44. The van der Waals surface area contributed by atoms with Crippen LogP contribution in [0.3, 0.4) is 0 Å². The van der Waals surface area contributed by atoms with Gasteiger partial charge in [0.1, 0.15) is 0 Å². The van der Waals surface area contributed by atoms with Gasteiger partial charge in [0.25, 0.3) is 0 Å². The normalized spacial score (nSPS) is 14.1. The molecule has 0 aliphatic carbocycles. The zero-order valence-corrected chi connectivity index (χ0v) is 17.7. The van der Waals surface area contributed by atoms with Gasteiger partial charge in [0, 0.05) is 29.4 Å². The van der Waals surface area contributed by atoms with Gasteiger partial charge in [-0.25, -0.2) is 5.43 Å². The highest BCUT2D eigenvalue weighted by molar-refractivity contribution is 6.36. The molecule has 0 spiro atoms. The Hall–Kier alpha value is -2.90. The van der Waals surface area contributed by atoms with E-state index in [1.165, 1.54) is 6.42 Å². The smallest absolute Gasteiger partial charge is 0.250 e. The Morgan fingerprint density at radius 2 is 1.67 bits per heavy atom. The summed E-state index contributed by atoms with van der Waals surface area (Å²) in [4.78, 5) is 15.8. The molecular weight excluding hydrogens is 421 g/mol. The number of anilines is 4. The Morgan fingerprint density at radius 1 is 0.900 bits per heavy atom. The maximum atomic E-state index is 6.19. The van der Waals surface area contributed by atoms with E-state index in [0.717, 1.165) is 37.2 Å². The summed E-state index contributed by atoms with van der Waals surface area (Å²) in [6.45, 7) is 1.86. The fourth-order valence-electron chi connectivity index (χ4n) is 3.12. The third kappa shape index (κ3) is 5.37. The Labute approximate surface area is 185 Å². The van der Waals surface area contributed by atoms with Gasteiger partial charge in [0.05, 0.1) is 11.2 Å². The van der Waals surface area contributed by atoms with Crippen LogP contribution in [0.2, 0.25) is 10.0 Å². The molecule has 0 radical (unpaired) electrons. The Balaban J connectivity index is 1.57. The Morgan fingerprint density at radius 3 is 2.43 bits per heavy atom. The lowest BCUT2D eigenvalue weighted by Gasteiger charge is -2.26. The Bertz CT molecular complexity index is 1020. The number of nitrogens with zero attached hydrogens (tertiary/aromatic N) is 5. The second kappa shape index (κ2) is 9.73. The van der Waals surface area contributed by atoms with Crippen LogP contribution in [0.5, 0.6) is 0 Å². The first kappa shape index (κ1) is 20.4. The van der Waals surface area contributed by atoms with E-state index in [9.17, 15) is 0 Å². The number of piperidine rings is 1. The van der Waals surface area contributed by atoms with Gasteiger partial charge in [-0.05, 0) is 43.5 Å². The van der Waals surface area contributed by atoms with Gasteiger partial charge in [0.15, 0.2) is 0 Å². The molecule has 7 nitrogen and oxygen atoms in total. The molecule has 1 saturated heterocycles. The largest absolute Gasteiger partial charge is 0.341 e. The number of hydrogen-bond donors (Lipinski definition) is 2. The second-order valence-electron chi connectivity index (χ2n) is 6.86. The molecule has 0 atom stereocenters. The van der Waals surface area contributed by atoms with Crippen molar-refractivity contribution in [2.75, 3.05) is 28.7 Å². The van der Waals surface area contributed by atoms with E-state index in [0.29, 0.717) is 27.9 Å². The number of nitrogens with one attached hydrogen (secondary N) is 2. The molecule has 1 aliphatic rings. The number of rotatable bonds is 6. The summed E-state index contributed by atoms with van der Waals surface area (Å²) in [5, 5.41) is 8.56. The first-order valence-electron chi connectivity index (χ1n) is 9.74. The van der Waals surface area contributed by atoms with Crippen LogP contribution in [0, 0.1) is 0 Å².